The number of hydrogen-bond acceptors (Lipinski definition) is 4. The molecular weight excluding hydrogens is 264 g/mol. The van der Waals surface area contributed by atoms with E-state index in [0.29, 0.717) is 23.9 Å². The average Bonchev–Trinajstić information content (AvgIpc) is 2.47. The summed E-state index contributed by atoms with van der Waals surface area (Å²) in [6.07, 6.45) is 5.81. The van der Waals surface area contributed by atoms with Gasteiger partial charge < -0.3 is 15.8 Å². The van der Waals surface area contributed by atoms with Gasteiger partial charge in [-0.3, -0.25) is 0 Å². The van der Waals surface area contributed by atoms with Crippen LogP contribution in [-0.4, -0.2) is 18.6 Å². The average molecular weight is 292 g/mol. The molecule has 0 aliphatic heterocycles. The van der Waals surface area contributed by atoms with Gasteiger partial charge in [0.25, 0.3) is 0 Å². The molecule has 0 radical (unpaired) electrons. The van der Waals surface area contributed by atoms with Gasteiger partial charge in [0.05, 0.1) is 23.5 Å². The van der Waals surface area contributed by atoms with Crippen LogP contribution in [0.4, 0.5) is 11.4 Å². The first-order valence-corrected chi connectivity index (χ1v) is 7.95. The minimum atomic E-state index is -0.327. The first-order chi connectivity index (χ1) is 10.1. The molecule has 1 rings (SSSR count). The molecule has 0 bridgehead atoms. The number of nitrogens with one attached hydrogen (secondary N) is 1. The number of rotatable bonds is 9. The number of anilines is 2. The Morgan fingerprint density at radius 2 is 2.00 bits per heavy atom. The summed E-state index contributed by atoms with van der Waals surface area (Å²) in [5.41, 5.74) is 8.05. The number of ether oxygens (including phenoxy) is 1. The van der Waals surface area contributed by atoms with E-state index in [1.165, 1.54) is 12.8 Å². The van der Waals surface area contributed by atoms with Gasteiger partial charge in [0.15, 0.2) is 0 Å². The van der Waals surface area contributed by atoms with Gasteiger partial charge in [-0.2, -0.15) is 0 Å². The van der Waals surface area contributed by atoms with Crippen LogP contribution in [0.2, 0.25) is 0 Å². The third-order valence-electron chi connectivity index (χ3n) is 3.47. The van der Waals surface area contributed by atoms with Gasteiger partial charge in [-0.1, -0.05) is 33.1 Å². The molecule has 4 heteroatoms. The topological polar surface area (TPSA) is 64.3 Å². The summed E-state index contributed by atoms with van der Waals surface area (Å²) in [6, 6.07) is 5.75. The number of carbonyl (C=O) groups excluding carboxylic acids is 1. The van der Waals surface area contributed by atoms with Gasteiger partial charge in [0.1, 0.15) is 0 Å². The lowest BCUT2D eigenvalue weighted by Crippen LogP contribution is -2.20. The van der Waals surface area contributed by atoms with Crippen LogP contribution in [-0.2, 0) is 4.74 Å². The highest BCUT2D eigenvalue weighted by molar-refractivity contribution is 5.91. The summed E-state index contributed by atoms with van der Waals surface area (Å²) >= 11 is 0. The molecule has 0 amide bonds. The van der Waals surface area contributed by atoms with Crippen molar-refractivity contribution in [1.82, 2.24) is 0 Å². The Bertz CT molecular complexity index is 446. The zero-order valence-corrected chi connectivity index (χ0v) is 13.4. The molecule has 0 aliphatic rings. The molecular formula is C17H28N2O2. The zero-order valence-electron chi connectivity index (χ0n) is 13.4. The summed E-state index contributed by atoms with van der Waals surface area (Å²) < 4.78 is 4.98. The lowest BCUT2D eigenvalue weighted by atomic mass is 10.0. The first-order valence-electron chi connectivity index (χ1n) is 7.95. The van der Waals surface area contributed by atoms with E-state index in [9.17, 15) is 4.79 Å². The first kappa shape index (κ1) is 17.3. The maximum absolute atomic E-state index is 11.7. The van der Waals surface area contributed by atoms with Crippen molar-refractivity contribution in [1.29, 1.82) is 0 Å². The number of nitrogen functional groups attached to an aromatic ring is 1. The van der Waals surface area contributed by atoms with Crippen LogP contribution in [0.5, 0.6) is 0 Å². The smallest absolute Gasteiger partial charge is 0.338 e. The van der Waals surface area contributed by atoms with E-state index < -0.39 is 0 Å². The van der Waals surface area contributed by atoms with Crippen molar-refractivity contribution in [2.75, 3.05) is 17.7 Å². The van der Waals surface area contributed by atoms with Crippen molar-refractivity contribution in [3.05, 3.63) is 23.8 Å². The highest BCUT2D eigenvalue weighted by atomic mass is 16.5. The molecule has 0 aliphatic carbocycles. The Labute approximate surface area is 128 Å². The maximum Gasteiger partial charge on any atom is 0.338 e. The van der Waals surface area contributed by atoms with Gasteiger partial charge in [-0.05, 0) is 38.0 Å². The molecule has 0 aromatic heterocycles. The fourth-order valence-corrected chi connectivity index (χ4v) is 2.34. The molecule has 0 spiro atoms. The van der Waals surface area contributed by atoms with Crippen LogP contribution >= 0.6 is 0 Å². The highest BCUT2D eigenvalue weighted by Gasteiger charge is 2.12. The number of benzene rings is 1. The summed E-state index contributed by atoms with van der Waals surface area (Å²) in [4.78, 5) is 11.7. The molecule has 4 nitrogen and oxygen atoms in total. The standard InChI is InChI=1S/C17H28N2O2/c1-4-7-9-14(8-5-2)19-16-11-10-13(12-15(16)18)17(20)21-6-3/h10-12,14,19H,4-9,18H2,1-3H3. The fraction of sp³-hybridized carbons (Fsp3) is 0.588. The Balaban J connectivity index is 2.76. The Morgan fingerprint density at radius 3 is 2.57 bits per heavy atom. The molecule has 1 aromatic rings. The van der Waals surface area contributed by atoms with Crippen LogP contribution in [0.1, 0.15) is 63.2 Å². The van der Waals surface area contributed by atoms with Crippen LogP contribution in [0.25, 0.3) is 0 Å². The quantitative estimate of drug-likeness (QED) is 0.528. The van der Waals surface area contributed by atoms with E-state index in [1.807, 2.05) is 6.07 Å². The predicted molar refractivity (Wildman–Crippen MR) is 88.7 cm³/mol. The Hall–Kier alpha value is -1.71. The van der Waals surface area contributed by atoms with E-state index in [4.69, 9.17) is 10.5 Å². The van der Waals surface area contributed by atoms with Crippen LogP contribution in [0.3, 0.4) is 0 Å². The Kier molecular flexibility index (Phi) is 7.65. The number of unbranched alkanes of at least 4 members (excludes halogenated alkanes) is 1. The van der Waals surface area contributed by atoms with Gasteiger partial charge in [-0.25, -0.2) is 4.79 Å². The van der Waals surface area contributed by atoms with Gasteiger partial charge in [-0.15, -0.1) is 0 Å². The van der Waals surface area contributed by atoms with E-state index in [1.54, 1.807) is 19.1 Å². The monoisotopic (exact) mass is 292 g/mol. The van der Waals surface area contributed by atoms with E-state index >= 15 is 0 Å². The normalized spacial score (nSPS) is 12.0. The molecule has 118 valence electrons. The largest absolute Gasteiger partial charge is 0.462 e. The maximum atomic E-state index is 11.7. The zero-order chi connectivity index (χ0) is 15.7. The Morgan fingerprint density at radius 1 is 1.24 bits per heavy atom. The van der Waals surface area contributed by atoms with Crippen molar-refractivity contribution in [2.45, 2.75) is 58.9 Å². The van der Waals surface area contributed by atoms with E-state index in [0.717, 1.165) is 24.9 Å². The molecule has 0 saturated carbocycles. The molecule has 0 saturated heterocycles. The minimum Gasteiger partial charge on any atom is -0.462 e. The van der Waals surface area contributed by atoms with Crippen molar-refractivity contribution in [3.8, 4) is 0 Å². The van der Waals surface area contributed by atoms with Crippen LogP contribution in [0.15, 0.2) is 18.2 Å². The molecule has 1 unspecified atom stereocenters. The third kappa shape index (κ3) is 5.66. The lowest BCUT2D eigenvalue weighted by molar-refractivity contribution is 0.0526. The van der Waals surface area contributed by atoms with Crippen LogP contribution < -0.4 is 11.1 Å². The van der Waals surface area contributed by atoms with Gasteiger partial charge in [0, 0.05) is 6.04 Å². The van der Waals surface area contributed by atoms with Crippen molar-refractivity contribution in [3.63, 3.8) is 0 Å². The molecule has 1 aromatic carbocycles. The van der Waals surface area contributed by atoms with E-state index in [2.05, 4.69) is 19.2 Å². The highest BCUT2D eigenvalue weighted by Crippen LogP contribution is 2.23. The number of esters is 1. The van der Waals surface area contributed by atoms with E-state index in [-0.39, 0.29) is 5.97 Å². The second-order valence-electron chi connectivity index (χ2n) is 5.29. The second kappa shape index (κ2) is 9.27. The number of nitrogens with two attached hydrogens (primary N) is 1. The third-order valence-corrected chi connectivity index (χ3v) is 3.47. The molecule has 0 heterocycles. The van der Waals surface area contributed by atoms with Crippen molar-refractivity contribution in [2.24, 2.45) is 0 Å². The van der Waals surface area contributed by atoms with Gasteiger partial charge in [0.2, 0.25) is 0 Å². The summed E-state index contributed by atoms with van der Waals surface area (Å²) in [7, 11) is 0. The van der Waals surface area contributed by atoms with Crippen molar-refractivity contribution < 1.29 is 9.53 Å². The molecule has 3 N–H and O–H groups in total. The summed E-state index contributed by atoms with van der Waals surface area (Å²) in [6.45, 7) is 6.55. The number of carbonyl (C=O) groups is 1. The molecule has 21 heavy (non-hydrogen) atoms. The molecule has 0 fully saturated rings. The fourth-order valence-electron chi connectivity index (χ4n) is 2.34. The minimum absolute atomic E-state index is 0.327. The van der Waals surface area contributed by atoms with Gasteiger partial charge >= 0.3 is 5.97 Å². The SMILES string of the molecule is CCCCC(CCC)Nc1ccc(C(=O)OCC)cc1N. The second-order valence-corrected chi connectivity index (χ2v) is 5.29. The summed E-state index contributed by atoms with van der Waals surface area (Å²) in [5.74, 6) is -0.327. The summed E-state index contributed by atoms with van der Waals surface area (Å²) in [5, 5.41) is 3.50. The predicted octanol–water partition coefficient (Wildman–Crippen LogP) is 4.22. The van der Waals surface area contributed by atoms with Crippen LogP contribution in [0, 0.1) is 0 Å². The molecule has 1 atom stereocenters. The van der Waals surface area contributed by atoms with Crippen molar-refractivity contribution >= 4 is 17.3 Å². The number of hydrogen-bond donors (Lipinski definition) is 2. The lowest BCUT2D eigenvalue weighted by Gasteiger charge is -2.20.